The number of rotatable bonds is 1. The van der Waals surface area contributed by atoms with Gasteiger partial charge in [-0.15, -0.1) is 0 Å². The van der Waals surface area contributed by atoms with Crippen molar-refractivity contribution >= 4 is 21.6 Å². The first-order valence-corrected chi connectivity index (χ1v) is 8.40. The van der Waals surface area contributed by atoms with Crippen LogP contribution >= 0.6 is 0 Å². The zero-order chi connectivity index (χ0) is 10.7. The summed E-state index contributed by atoms with van der Waals surface area (Å²) >= 11 is 0. The van der Waals surface area contributed by atoms with E-state index >= 15 is 0 Å². The maximum absolute atomic E-state index is 11.7. The van der Waals surface area contributed by atoms with Gasteiger partial charge in [0.25, 0.3) is 0 Å². The van der Waals surface area contributed by atoms with E-state index in [4.69, 9.17) is 0 Å². The molecule has 0 aromatic heterocycles. The summed E-state index contributed by atoms with van der Waals surface area (Å²) in [5.41, 5.74) is 0. The molecular weight excluding hydrogens is 228 g/mol. The van der Waals surface area contributed by atoms with Crippen LogP contribution in [0.15, 0.2) is 10.3 Å². The maximum atomic E-state index is 11.7. The molecule has 0 spiro atoms. The van der Waals surface area contributed by atoms with Gasteiger partial charge in [-0.1, -0.05) is 25.3 Å². The van der Waals surface area contributed by atoms with E-state index in [1.165, 1.54) is 32.1 Å². The monoisotopic (exact) mass is 246 g/mol. The Morgan fingerprint density at radius 1 is 0.933 bits per heavy atom. The Bertz CT molecular complexity index is 286. The Morgan fingerprint density at radius 2 is 1.53 bits per heavy atom. The van der Waals surface area contributed by atoms with Crippen molar-refractivity contribution < 1.29 is 8.42 Å². The zero-order valence-electron chi connectivity index (χ0n) is 8.94. The van der Waals surface area contributed by atoms with Crippen LogP contribution in [0, 0.1) is 5.92 Å². The molecule has 4 heteroatoms. The van der Waals surface area contributed by atoms with Crippen LogP contribution in [0.5, 0.6) is 0 Å². The number of hydrogen-bond donors (Lipinski definition) is 0. The molecule has 0 unspecified atom stereocenters. The lowest BCUT2D eigenvalue weighted by atomic mass is 9.90. The van der Waals surface area contributed by atoms with Crippen LogP contribution in [0.1, 0.15) is 38.5 Å². The van der Waals surface area contributed by atoms with Gasteiger partial charge in [-0.05, 0) is 25.2 Å². The Hall–Kier alpha value is 0.0400. The summed E-state index contributed by atoms with van der Waals surface area (Å²) in [5.74, 6) is 1.97. The molecule has 2 atom stereocenters. The lowest BCUT2D eigenvalue weighted by Gasteiger charge is -2.20. The Morgan fingerprint density at radius 3 is 2.13 bits per heavy atom. The van der Waals surface area contributed by atoms with Crippen LogP contribution in [0.2, 0.25) is 0 Å². The van der Waals surface area contributed by atoms with E-state index in [2.05, 4.69) is 6.08 Å². The second-order valence-corrected chi connectivity index (χ2v) is 7.67. The van der Waals surface area contributed by atoms with Crippen molar-refractivity contribution in [2.45, 2.75) is 38.5 Å². The average Bonchev–Trinajstić information content (AvgIpc) is 2.25. The van der Waals surface area contributed by atoms with Crippen molar-refractivity contribution in [1.29, 1.82) is 0 Å². The molecular formula is C11H18O2S2. The van der Waals surface area contributed by atoms with Crippen molar-refractivity contribution in [3.63, 3.8) is 0 Å². The molecule has 15 heavy (non-hydrogen) atoms. The number of hydrogen-bond acceptors (Lipinski definition) is 2. The molecule has 0 radical (unpaired) electrons. The summed E-state index contributed by atoms with van der Waals surface area (Å²) < 4.78 is 24.2. The highest BCUT2D eigenvalue weighted by Crippen LogP contribution is 2.28. The Kier molecular flexibility index (Phi) is 4.14. The van der Waals surface area contributed by atoms with Crippen molar-refractivity contribution in [3.05, 3.63) is 10.3 Å². The van der Waals surface area contributed by atoms with Crippen LogP contribution in [0.4, 0.5) is 0 Å². The summed E-state index contributed by atoms with van der Waals surface area (Å²) in [6.45, 7) is 0. The summed E-state index contributed by atoms with van der Waals surface area (Å²) in [4.78, 5) is 0. The van der Waals surface area contributed by atoms with Crippen LogP contribution in [-0.2, 0) is 21.6 Å². The van der Waals surface area contributed by atoms with Crippen LogP contribution in [0.25, 0.3) is 0 Å². The van der Waals surface area contributed by atoms with Gasteiger partial charge in [-0.25, -0.2) is 0 Å². The minimum atomic E-state index is -0.949. The van der Waals surface area contributed by atoms with Gasteiger partial charge in [-0.3, -0.25) is 8.42 Å². The van der Waals surface area contributed by atoms with Crippen molar-refractivity contribution in [3.8, 4) is 0 Å². The Labute approximate surface area is 96.4 Å². The second-order valence-electron chi connectivity index (χ2n) is 4.34. The molecule has 0 aromatic rings. The first-order chi connectivity index (χ1) is 7.27. The molecule has 0 N–H and O–H groups in total. The van der Waals surface area contributed by atoms with Crippen molar-refractivity contribution in [2.24, 2.45) is 5.92 Å². The minimum Gasteiger partial charge on any atom is -0.254 e. The van der Waals surface area contributed by atoms with E-state index in [1.54, 1.807) is 0 Å². The number of allylic oxidation sites excluding steroid dienone is 1. The van der Waals surface area contributed by atoms with Gasteiger partial charge in [0, 0.05) is 11.5 Å². The summed E-state index contributed by atoms with van der Waals surface area (Å²) in [7, 11) is -1.90. The fourth-order valence-corrected chi connectivity index (χ4v) is 5.69. The fraction of sp³-hybridized carbons (Fsp3) is 0.818. The second kappa shape index (κ2) is 5.39. The van der Waals surface area contributed by atoms with Gasteiger partial charge >= 0.3 is 0 Å². The van der Waals surface area contributed by atoms with E-state index in [1.807, 2.05) is 0 Å². The maximum Gasteiger partial charge on any atom is 0.0991 e. The van der Waals surface area contributed by atoms with Gasteiger partial charge in [0.2, 0.25) is 0 Å². The Balaban J connectivity index is 2.08. The molecule has 1 aliphatic heterocycles. The molecule has 1 saturated heterocycles. The normalized spacial score (nSPS) is 34.0. The molecule has 2 aliphatic rings. The van der Waals surface area contributed by atoms with Crippen molar-refractivity contribution in [1.82, 2.24) is 0 Å². The third-order valence-electron chi connectivity index (χ3n) is 3.13. The molecule has 0 bridgehead atoms. The SMILES string of the molecule is O=[S@@]1CCC[S@@](=O)C1=CC1CCCCC1. The first kappa shape index (κ1) is 11.5. The molecule has 2 fully saturated rings. The molecule has 1 aliphatic carbocycles. The fourth-order valence-electron chi connectivity index (χ4n) is 2.27. The van der Waals surface area contributed by atoms with Gasteiger partial charge in [-0.2, -0.15) is 0 Å². The topological polar surface area (TPSA) is 34.1 Å². The standard InChI is InChI=1S/C11H18O2S2/c12-14-7-4-8-15(13)11(14)9-10-5-2-1-3-6-10/h9-10H,1-8H2/t14-,15-/m1/s1. The minimum absolute atomic E-state index is 0.541. The van der Waals surface area contributed by atoms with Crippen LogP contribution in [0.3, 0.4) is 0 Å². The summed E-state index contributed by atoms with van der Waals surface area (Å²) in [5, 5.41) is 0. The highest BCUT2D eigenvalue weighted by molar-refractivity contribution is 8.09. The molecule has 2 rings (SSSR count). The largest absolute Gasteiger partial charge is 0.254 e. The first-order valence-electron chi connectivity index (χ1n) is 5.76. The van der Waals surface area contributed by atoms with E-state index in [0.29, 0.717) is 17.4 Å². The van der Waals surface area contributed by atoms with Crippen LogP contribution < -0.4 is 0 Å². The van der Waals surface area contributed by atoms with Gasteiger partial charge in [0.1, 0.15) is 0 Å². The summed E-state index contributed by atoms with van der Waals surface area (Å²) in [6.07, 6.45) is 9.18. The van der Waals surface area contributed by atoms with Crippen molar-refractivity contribution in [2.75, 3.05) is 11.5 Å². The van der Waals surface area contributed by atoms with E-state index in [0.717, 1.165) is 10.7 Å². The summed E-state index contributed by atoms with van der Waals surface area (Å²) in [6, 6.07) is 0. The smallest absolute Gasteiger partial charge is 0.0991 e. The quantitative estimate of drug-likeness (QED) is 0.711. The average molecular weight is 246 g/mol. The van der Waals surface area contributed by atoms with Gasteiger partial charge in [0.05, 0.1) is 25.8 Å². The van der Waals surface area contributed by atoms with Gasteiger partial charge in [0.15, 0.2) is 0 Å². The molecule has 0 aromatic carbocycles. The molecule has 1 saturated carbocycles. The van der Waals surface area contributed by atoms with E-state index < -0.39 is 21.6 Å². The van der Waals surface area contributed by atoms with E-state index in [-0.39, 0.29) is 0 Å². The van der Waals surface area contributed by atoms with Crippen LogP contribution in [-0.4, -0.2) is 19.9 Å². The van der Waals surface area contributed by atoms with E-state index in [9.17, 15) is 8.42 Å². The van der Waals surface area contributed by atoms with Gasteiger partial charge < -0.3 is 0 Å². The molecule has 1 heterocycles. The molecule has 2 nitrogen and oxygen atoms in total. The zero-order valence-corrected chi connectivity index (χ0v) is 10.6. The third-order valence-corrected chi connectivity index (χ3v) is 6.73. The predicted octanol–water partition coefficient (Wildman–Crippen LogP) is 2.31. The third kappa shape index (κ3) is 3.00. The highest BCUT2D eigenvalue weighted by atomic mass is 32.2. The predicted molar refractivity (Wildman–Crippen MR) is 65.3 cm³/mol. The molecule has 86 valence electrons. The lowest BCUT2D eigenvalue weighted by Crippen LogP contribution is -2.18. The molecule has 0 amide bonds. The highest BCUT2D eigenvalue weighted by Gasteiger charge is 2.22. The lowest BCUT2D eigenvalue weighted by molar-refractivity contribution is 0.419.